The molecular weight excluding hydrogens is 346 g/mol. The fraction of sp³-hybridized carbons (Fsp3) is 0.882. The van der Waals surface area contributed by atoms with Crippen LogP contribution in [0, 0.1) is 5.92 Å². The molecule has 2 aliphatic heterocycles. The topological polar surface area (TPSA) is 79.9 Å². The Morgan fingerprint density at radius 3 is 2.48 bits per heavy atom. The van der Waals surface area contributed by atoms with Crippen LogP contribution in [-0.4, -0.2) is 69.4 Å². The summed E-state index contributed by atoms with van der Waals surface area (Å²) in [6.45, 7) is 5.02. The molecule has 0 saturated carbocycles. The van der Waals surface area contributed by atoms with Gasteiger partial charge in [0, 0.05) is 32.7 Å². The summed E-state index contributed by atoms with van der Waals surface area (Å²) in [7, 11) is 1.37. The van der Waals surface area contributed by atoms with Crippen molar-refractivity contribution < 1.29 is 19.1 Å². The molecule has 2 amide bonds. The summed E-state index contributed by atoms with van der Waals surface area (Å²) in [5.41, 5.74) is 0. The normalized spacial score (nSPS) is 19.2. The molecule has 0 atom stereocenters. The first kappa shape index (κ1) is 22.0. The highest BCUT2D eigenvalue weighted by Crippen LogP contribution is 2.18. The highest BCUT2D eigenvalue weighted by molar-refractivity contribution is 5.85. The van der Waals surface area contributed by atoms with Crippen LogP contribution in [0.4, 0.5) is 4.79 Å². The number of piperidine rings is 2. The molecule has 0 aromatic heterocycles. The molecule has 2 heterocycles. The lowest BCUT2D eigenvalue weighted by molar-refractivity contribution is -0.140. The zero-order valence-corrected chi connectivity index (χ0v) is 15.9. The maximum atomic E-state index is 12.1. The van der Waals surface area contributed by atoms with Gasteiger partial charge in [-0.15, -0.1) is 12.4 Å². The molecule has 146 valence electrons. The van der Waals surface area contributed by atoms with Crippen LogP contribution in [0.2, 0.25) is 0 Å². The van der Waals surface area contributed by atoms with Crippen molar-refractivity contribution in [2.45, 2.75) is 44.6 Å². The smallest absolute Gasteiger partial charge is 0.317 e. The predicted molar refractivity (Wildman–Crippen MR) is 98.0 cm³/mol. The zero-order valence-electron chi connectivity index (χ0n) is 15.1. The van der Waals surface area contributed by atoms with Crippen molar-refractivity contribution in [1.29, 1.82) is 0 Å². The van der Waals surface area contributed by atoms with Crippen molar-refractivity contribution in [2.24, 2.45) is 5.92 Å². The second kappa shape index (κ2) is 12.3. The molecule has 0 radical (unpaired) electrons. The molecule has 0 bridgehead atoms. The van der Waals surface area contributed by atoms with Gasteiger partial charge >= 0.3 is 12.0 Å². The number of hydrogen-bond acceptors (Lipinski definition) is 5. The lowest BCUT2D eigenvalue weighted by Gasteiger charge is -2.33. The maximum absolute atomic E-state index is 12.1. The van der Waals surface area contributed by atoms with Gasteiger partial charge in [-0.25, -0.2) is 4.79 Å². The lowest BCUT2D eigenvalue weighted by Crippen LogP contribution is -2.46. The van der Waals surface area contributed by atoms with Gasteiger partial charge < -0.3 is 25.0 Å². The third-order valence-corrected chi connectivity index (χ3v) is 4.82. The molecule has 0 spiro atoms. The second-order valence-corrected chi connectivity index (χ2v) is 6.62. The molecular formula is C17H32ClN3O4. The molecule has 0 aliphatic carbocycles. The van der Waals surface area contributed by atoms with Crippen LogP contribution in [0.25, 0.3) is 0 Å². The number of hydrogen-bond donors (Lipinski definition) is 2. The fourth-order valence-corrected chi connectivity index (χ4v) is 3.19. The average molecular weight is 378 g/mol. The Bertz CT molecular complexity index is 397. The van der Waals surface area contributed by atoms with E-state index in [1.807, 2.05) is 4.90 Å². The molecule has 2 fully saturated rings. The lowest BCUT2D eigenvalue weighted by atomic mass is 9.99. The Balaban J connectivity index is 0.00000312. The molecule has 8 heteroatoms. The predicted octanol–water partition coefficient (Wildman–Crippen LogP) is 1.55. The van der Waals surface area contributed by atoms with Crippen molar-refractivity contribution in [3.8, 4) is 0 Å². The van der Waals surface area contributed by atoms with Gasteiger partial charge in [-0.3, -0.25) is 4.79 Å². The molecule has 2 N–H and O–H groups in total. The molecule has 25 heavy (non-hydrogen) atoms. The van der Waals surface area contributed by atoms with Gasteiger partial charge in [0.2, 0.25) is 0 Å². The summed E-state index contributed by atoms with van der Waals surface area (Å²) in [6, 6.07) is -0.0447. The quantitative estimate of drug-likeness (QED) is 0.519. The number of likely N-dealkylation sites (tertiary alicyclic amines) is 1. The van der Waals surface area contributed by atoms with E-state index in [4.69, 9.17) is 4.74 Å². The largest absolute Gasteiger partial charge is 0.469 e. The third kappa shape index (κ3) is 8.25. The van der Waals surface area contributed by atoms with Crippen molar-refractivity contribution in [3.05, 3.63) is 0 Å². The van der Waals surface area contributed by atoms with Gasteiger partial charge in [0.05, 0.1) is 13.2 Å². The number of methoxy groups -OCH3 is 1. The number of nitrogens with one attached hydrogen (secondary N) is 2. The monoisotopic (exact) mass is 377 g/mol. The van der Waals surface area contributed by atoms with E-state index in [9.17, 15) is 9.59 Å². The van der Waals surface area contributed by atoms with Crippen LogP contribution >= 0.6 is 12.4 Å². The zero-order chi connectivity index (χ0) is 17.2. The van der Waals surface area contributed by atoms with E-state index in [1.165, 1.54) is 20.0 Å². The van der Waals surface area contributed by atoms with Gasteiger partial charge in [0.15, 0.2) is 0 Å². The Hall–Kier alpha value is -1.05. The Morgan fingerprint density at radius 2 is 1.84 bits per heavy atom. The van der Waals surface area contributed by atoms with Crippen molar-refractivity contribution >= 4 is 24.4 Å². The second-order valence-electron chi connectivity index (χ2n) is 6.62. The SMILES string of the molecule is COC(=O)CCCNC(=O)N1CCC(OCC2CCNCC2)CC1.Cl. The summed E-state index contributed by atoms with van der Waals surface area (Å²) < 4.78 is 10.6. The molecule has 2 rings (SSSR count). The van der Waals surface area contributed by atoms with Gasteiger partial charge in [-0.2, -0.15) is 0 Å². The van der Waals surface area contributed by atoms with E-state index in [0.29, 0.717) is 25.3 Å². The molecule has 2 saturated heterocycles. The first-order chi connectivity index (χ1) is 11.7. The number of carbonyl (C=O) groups is 2. The summed E-state index contributed by atoms with van der Waals surface area (Å²) >= 11 is 0. The van der Waals surface area contributed by atoms with Crippen LogP contribution < -0.4 is 10.6 Å². The van der Waals surface area contributed by atoms with E-state index in [1.54, 1.807) is 0 Å². The van der Waals surface area contributed by atoms with E-state index in [-0.39, 0.29) is 30.5 Å². The van der Waals surface area contributed by atoms with Crippen LogP contribution in [0.15, 0.2) is 0 Å². The van der Waals surface area contributed by atoms with Gasteiger partial charge in [-0.1, -0.05) is 0 Å². The number of esters is 1. The number of urea groups is 1. The summed E-state index contributed by atoms with van der Waals surface area (Å²) in [5, 5.41) is 6.23. The minimum absolute atomic E-state index is 0. The summed E-state index contributed by atoms with van der Waals surface area (Å²) in [5.74, 6) is 0.443. The van der Waals surface area contributed by atoms with Gasteiger partial charge in [0.25, 0.3) is 0 Å². The highest BCUT2D eigenvalue weighted by atomic mass is 35.5. The molecule has 0 unspecified atom stereocenters. The maximum Gasteiger partial charge on any atom is 0.317 e. The van der Waals surface area contributed by atoms with E-state index < -0.39 is 0 Å². The minimum Gasteiger partial charge on any atom is -0.469 e. The highest BCUT2D eigenvalue weighted by Gasteiger charge is 2.24. The van der Waals surface area contributed by atoms with Crippen molar-refractivity contribution in [3.63, 3.8) is 0 Å². The number of ether oxygens (including phenoxy) is 2. The number of carbonyl (C=O) groups excluding carboxylic acids is 2. The van der Waals surface area contributed by atoms with Crippen LogP contribution in [0.1, 0.15) is 38.5 Å². The molecule has 0 aromatic carbocycles. The van der Waals surface area contributed by atoms with Gasteiger partial charge in [-0.05, 0) is 51.1 Å². The third-order valence-electron chi connectivity index (χ3n) is 4.82. The summed E-state index contributed by atoms with van der Waals surface area (Å²) in [4.78, 5) is 24.9. The number of nitrogens with zero attached hydrogens (tertiary/aromatic N) is 1. The Morgan fingerprint density at radius 1 is 1.16 bits per heavy atom. The van der Waals surface area contributed by atoms with Crippen molar-refractivity contribution in [1.82, 2.24) is 15.5 Å². The first-order valence-corrected chi connectivity index (χ1v) is 9.11. The van der Waals surface area contributed by atoms with E-state index in [0.717, 1.165) is 45.6 Å². The van der Waals surface area contributed by atoms with Crippen LogP contribution in [0.3, 0.4) is 0 Å². The van der Waals surface area contributed by atoms with Crippen LogP contribution in [-0.2, 0) is 14.3 Å². The minimum atomic E-state index is -0.240. The fourth-order valence-electron chi connectivity index (χ4n) is 3.19. The number of amides is 2. The van der Waals surface area contributed by atoms with E-state index >= 15 is 0 Å². The van der Waals surface area contributed by atoms with Gasteiger partial charge in [0.1, 0.15) is 0 Å². The van der Waals surface area contributed by atoms with E-state index in [2.05, 4.69) is 15.4 Å². The Kier molecular flexibility index (Phi) is 10.8. The molecule has 7 nitrogen and oxygen atoms in total. The first-order valence-electron chi connectivity index (χ1n) is 9.11. The molecule has 2 aliphatic rings. The molecule has 0 aromatic rings. The number of rotatable bonds is 7. The average Bonchev–Trinajstić information content (AvgIpc) is 2.64. The standard InChI is InChI=1S/C17H31N3O4.ClH/c1-23-16(21)3-2-8-19-17(22)20-11-6-15(7-12-20)24-13-14-4-9-18-10-5-14;/h14-15,18H,2-13H2,1H3,(H,19,22);1H. The Labute approximate surface area is 156 Å². The van der Waals surface area contributed by atoms with Crippen molar-refractivity contribution in [2.75, 3.05) is 46.4 Å². The summed E-state index contributed by atoms with van der Waals surface area (Å²) in [6.07, 6.45) is 5.43. The number of halogens is 1. The van der Waals surface area contributed by atoms with Crippen LogP contribution in [0.5, 0.6) is 0 Å².